The Morgan fingerprint density at radius 3 is 2.90 bits per heavy atom. The van der Waals surface area contributed by atoms with Crippen LogP contribution in [0.3, 0.4) is 0 Å². The van der Waals surface area contributed by atoms with Crippen LogP contribution in [0.15, 0.2) is 0 Å². The van der Waals surface area contributed by atoms with Crippen LogP contribution in [0.5, 0.6) is 0 Å². The van der Waals surface area contributed by atoms with E-state index in [1.54, 1.807) is 0 Å². The van der Waals surface area contributed by atoms with Crippen molar-refractivity contribution < 1.29 is 5.11 Å². The van der Waals surface area contributed by atoms with Crippen molar-refractivity contribution in [3.05, 3.63) is 0 Å². The molecule has 0 radical (unpaired) electrons. The standard InChI is InChI=1S/C7H14ClNO/c1-2-5-3-6(8)4-9-7(5)10/h5-7,9-10H,2-4H2,1H3. The smallest absolute Gasteiger partial charge is 0.107 e. The fourth-order valence-electron chi connectivity index (χ4n) is 1.35. The van der Waals surface area contributed by atoms with Gasteiger partial charge in [-0.05, 0) is 18.8 Å². The molecule has 1 rings (SSSR count). The van der Waals surface area contributed by atoms with Gasteiger partial charge >= 0.3 is 0 Å². The fourth-order valence-corrected chi connectivity index (χ4v) is 1.66. The van der Waals surface area contributed by atoms with Gasteiger partial charge in [0.15, 0.2) is 0 Å². The van der Waals surface area contributed by atoms with E-state index in [2.05, 4.69) is 12.2 Å². The Morgan fingerprint density at radius 2 is 2.40 bits per heavy atom. The van der Waals surface area contributed by atoms with Crippen molar-refractivity contribution in [1.82, 2.24) is 5.32 Å². The van der Waals surface area contributed by atoms with Crippen LogP contribution in [0, 0.1) is 5.92 Å². The number of nitrogens with one attached hydrogen (secondary N) is 1. The van der Waals surface area contributed by atoms with Crippen LogP contribution in [0.2, 0.25) is 0 Å². The first-order valence-electron chi connectivity index (χ1n) is 3.79. The maximum absolute atomic E-state index is 9.32. The van der Waals surface area contributed by atoms with Crippen molar-refractivity contribution in [2.24, 2.45) is 5.92 Å². The van der Waals surface area contributed by atoms with Crippen LogP contribution >= 0.6 is 11.6 Å². The summed E-state index contributed by atoms with van der Waals surface area (Å²) in [5.74, 6) is 0.344. The Balaban J connectivity index is 2.38. The molecule has 0 aromatic heterocycles. The van der Waals surface area contributed by atoms with E-state index < -0.39 is 0 Å². The van der Waals surface area contributed by atoms with E-state index in [4.69, 9.17) is 11.6 Å². The third-order valence-corrected chi connectivity index (χ3v) is 2.41. The number of rotatable bonds is 1. The third kappa shape index (κ3) is 1.84. The van der Waals surface area contributed by atoms with Gasteiger partial charge in [0, 0.05) is 11.9 Å². The molecule has 0 amide bonds. The molecule has 10 heavy (non-hydrogen) atoms. The van der Waals surface area contributed by atoms with Crippen LogP contribution in [0.4, 0.5) is 0 Å². The maximum atomic E-state index is 9.32. The van der Waals surface area contributed by atoms with Gasteiger partial charge < -0.3 is 5.11 Å². The molecule has 0 aromatic carbocycles. The number of aliphatic hydroxyl groups excluding tert-OH is 1. The molecule has 1 heterocycles. The monoisotopic (exact) mass is 163 g/mol. The average molecular weight is 164 g/mol. The first kappa shape index (κ1) is 8.31. The second-order valence-corrected chi connectivity index (χ2v) is 3.47. The molecule has 1 saturated heterocycles. The summed E-state index contributed by atoms with van der Waals surface area (Å²) in [4.78, 5) is 0. The Bertz CT molecular complexity index is 110. The van der Waals surface area contributed by atoms with Crippen molar-refractivity contribution in [3.63, 3.8) is 0 Å². The molecular weight excluding hydrogens is 150 g/mol. The zero-order valence-corrected chi connectivity index (χ0v) is 6.93. The van der Waals surface area contributed by atoms with E-state index in [0.29, 0.717) is 5.92 Å². The Morgan fingerprint density at radius 1 is 1.70 bits per heavy atom. The third-order valence-electron chi connectivity index (χ3n) is 2.08. The lowest BCUT2D eigenvalue weighted by atomic mass is 9.95. The molecule has 0 spiro atoms. The molecule has 2 N–H and O–H groups in total. The average Bonchev–Trinajstić information content (AvgIpc) is 1.94. The summed E-state index contributed by atoms with van der Waals surface area (Å²) < 4.78 is 0. The maximum Gasteiger partial charge on any atom is 0.107 e. The van der Waals surface area contributed by atoms with Crippen LogP contribution in [0.1, 0.15) is 19.8 Å². The Kier molecular flexibility index (Phi) is 2.96. The lowest BCUT2D eigenvalue weighted by molar-refractivity contribution is 0.0493. The first-order chi connectivity index (χ1) is 4.74. The van der Waals surface area contributed by atoms with Crippen LogP contribution in [-0.4, -0.2) is 23.3 Å². The van der Waals surface area contributed by atoms with Crippen molar-refractivity contribution in [2.75, 3.05) is 6.54 Å². The van der Waals surface area contributed by atoms with E-state index >= 15 is 0 Å². The van der Waals surface area contributed by atoms with E-state index in [1.807, 2.05) is 0 Å². The summed E-state index contributed by atoms with van der Waals surface area (Å²) in [5, 5.41) is 12.5. The zero-order valence-electron chi connectivity index (χ0n) is 6.18. The van der Waals surface area contributed by atoms with E-state index in [1.165, 1.54) is 0 Å². The first-order valence-corrected chi connectivity index (χ1v) is 4.23. The number of halogens is 1. The zero-order chi connectivity index (χ0) is 7.56. The van der Waals surface area contributed by atoms with Gasteiger partial charge in [0.05, 0.1) is 0 Å². The largest absolute Gasteiger partial charge is 0.378 e. The second kappa shape index (κ2) is 3.56. The normalized spacial score (nSPS) is 41.7. The van der Waals surface area contributed by atoms with Gasteiger partial charge in [-0.3, -0.25) is 5.32 Å². The van der Waals surface area contributed by atoms with Gasteiger partial charge in [0.25, 0.3) is 0 Å². The molecular formula is C7H14ClNO. The lowest BCUT2D eigenvalue weighted by Gasteiger charge is -2.30. The highest BCUT2D eigenvalue weighted by molar-refractivity contribution is 6.20. The molecule has 1 fully saturated rings. The van der Waals surface area contributed by atoms with Crippen molar-refractivity contribution in [2.45, 2.75) is 31.4 Å². The molecule has 0 saturated carbocycles. The fraction of sp³-hybridized carbons (Fsp3) is 1.00. The molecule has 3 atom stereocenters. The van der Waals surface area contributed by atoms with Crippen LogP contribution < -0.4 is 5.32 Å². The summed E-state index contributed by atoms with van der Waals surface area (Å²) in [7, 11) is 0. The topological polar surface area (TPSA) is 32.3 Å². The quantitative estimate of drug-likeness (QED) is 0.564. The highest BCUT2D eigenvalue weighted by Gasteiger charge is 2.25. The van der Waals surface area contributed by atoms with Crippen molar-refractivity contribution in [3.8, 4) is 0 Å². The summed E-state index contributed by atoms with van der Waals surface area (Å²) in [6.07, 6.45) is 1.60. The highest BCUT2D eigenvalue weighted by Crippen LogP contribution is 2.21. The van der Waals surface area contributed by atoms with Gasteiger partial charge in [-0.1, -0.05) is 6.92 Å². The minimum atomic E-state index is -0.333. The minimum absolute atomic E-state index is 0.202. The molecule has 60 valence electrons. The van der Waals surface area contributed by atoms with Crippen molar-refractivity contribution in [1.29, 1.82) is 0 Å². The number of hydrogen-bond donors (Lipinski definition) is 2. The van der Waals surface area contributed by atoms with Crippen LogP contribution in [0.25, 0.3) is 0 Å². The SMILES string of the molecule is CCC1CC(Cl)CNC1O. The van der Waals surface area contributed by atoms with Gasteiger partial charge in [0.2, 0.25) is 0 Å². The summed E-state index contributed by atoms with van der Waals surface area (Å²) in [6, 6.07) is 0. The molecule has 0 aliphatic carbocycles. The molecule has 3 heteroatoms. The predicted octanol–water partition coefficient (Wildman–Crippen LogP) is 0.932. The number of aliphatic hydroxyl groups is 1. The second-order valence-electron chi connectivity index (χ2n) is 2.85. The Hall–Kier alpha value is 0.210. The highest BCUT2D eigenvalue weighted by atomic mass is 35.5. The van der Waals surface area contributed by atoms with Gasteiger partial charge in [-0.2, -0.15) is 0 Å². The van der Waals surface area contributed by atoms with E-state index in [9.17, 15) is 5.11 Å². The molecule has 2 nitrogen and oxygen atoms in total. The minimum Gasteiger partial charge on any atom is -0.378 e. The number of hydrogen-bond acceptors (Lipinski definition) is 2. The molecule has 1 aliphatic heterocycles. The van der Waals surface area contributed by atoms with E-state index in [-0.39, 0.29) is 11.6 Å². The van der Waals surface area contributed by atoms with Gasteiger partial charge in [-0.15, -0.1) is 11.6 Å². The lowest BCUT2D eigenvalue weighted by Crippen LogP contribution is -2.45. The van der Waals surface area contributed by atoms with E-state index in [0.717, 1.165) is 19.4 Å². The molecule has 0 aromatic rings. The summed E-state index contributed by atoms with van der Waals surface area (Å²) in [5.41, 5.74) is 0. The Labute approximate surface area is 66.6 Å². The summed E-state index contributed by atoms with van der Waals surface area (Å²) >= 11 is 5.88. The number of alkyl halides is 1. The molecule has 0 bridgehead atoms. The number of piperidine rings is 1. The summed E-state index contributed by atoms with van der Waals surface area (Å²) in [6.45, 7) is 2.81. The molecule has 1 aliphatic rings. The van der Waals surface area contributed by atoms with Gasteiger partial charge in [0.1, 0.15) is 6.23 Å². The van der Waals surface area contributed by atoms with Crippen molar-refractivity contribution >= 4 is 11.6 Å². The predicted molar refractivity (Wildman–Crippen MR) is 42.0 cm³/mol. The van der Waals surface area contributed by atoms with Crippen LogP contribution in [-0.2, 0) is 0 Å². The van der Waals surface area contributed by atoms with Gasteiger partial charge in [-0.25, -0.2) is 0 Å². The molecule has 3 unspecified atom stereocenters.